The van der Waals surface area contributed by atoms with Crippen molar-refractivity contribution in [2.75, 3.05) is 26.8 Å². The van der Waals surface area contributed by atoms with E-state index >= 15 is 0 Å². The normalized spacial score (nSPS) is 12.8. The van der Waals surface area contributed by atoms with Gasteiger partial charge in [-0.25, -0.2) is 4.79 Å². The largest absolute Gasteiger partial charge is 0.444 e. The van der Waals surface area contributed by atoms with E-state index in [1.807, 2.05) is 34.6 Å². The molecule has 3 N–H and O–H groups in total. The predicted octanol–water partition coefficient (Wildman–Crippen LogP) is 1.81. The first-order valence-corrected chi connectivity index (χ1v) is 7.11. The molecule has 0 aromatic carbocycles. The van der Waals surface area contributed by atoms with Gasteiger partial charge in [0.2, 0.25) is 0 Å². The van der Waals surface area contributed by atoms with Crippen LogP contribution in [0, 0.1) is 0 Å². The molecule has 6 nitrogen and oxygen atoms in total. The molecule has 0 spiro atoms. The maximum absolute atomic E-state index is 12.0. The molecule has 0 aromatic rings. The third-order valence-electron chi connectivity index (χ3n) is 2.36. The van der Waals surface area contributed by atoms with Crippen molar-refractivity contribution in [3.63, 3.8) is 0 Å². The quantitative estimate of drug-likeness (QED) is 0.397. The topological polar surface area (TPSA) is 74.8 Å². The molecule has 0 aliphatic heterocycles. The van der Waals surface area contributed by atoms with Gasteiger partial charge in [0.15, 0.2) is 5.96 Å². The van der Waals surface area contributed by atoms with E-state index in [-0.39, 0.29) is 6.67 Å². The summed E-state index contributed by atoms with van der Waals surface area (Å²) >= 11 is 0. The van der Waals surface area contributed by atoms with Crippen molar-refractivity contribution in [2.45, 2.75) is 52.2 Å². The number of amides is 1. The van der Waals surface area contributed by atoms with Gasteiger partial charge >= 0.3 is 6.09 Å². The summed E-state index contributed by atoms with van der Waals surface area (Å²) in [5.74, 6) is 0.572. The van der Waals surface area contributed by atoms with Gasteiger partial charge in [-0.2, -0.15) is 0 Å². The smallest absolute Gasteiger partial charge is 0.408 e. The van der Waals surface area contributed by atoms with Crippen molar-refractivity contribution in [3.05, 3.63) is 0 Å². The minimum atomic E-state index is -0.530. The van der Waals surface area contributed by atoms with Gasteiger partial charge in [0.05, 0.1) is 12.2 Å². The first kappa shape index (κ1) is 19.5. The fourth-order valence-corrected chi connectivity index (χ4v) is 1.42. The Balaban J connectivity index is 4.24. The second-order valence-corrected chi connectivity index (χ2v) is 6.41. The van der Waals surface area contributed by atoms with Gasteiger partial charge in [0.25, 0.3) is 0 Å². The van der Waals surface area contributed by atoms with Crippen molar-refractivity contribution in [1.29, 1.82) is 0 Å². The predicted molar refractivity (Wildman–Crippen MR) is 83.4 cm³/mol. The molecule has 0 saturated carbocycles. The lowest BCUT2D eigenvalue weighted by atomic mass is 10.1. The Morgan fingerprint density at radius 2 is 1.81 bits per heavy atom. The van der Waals surface area contributed by atoms with E-state index in [2.05, 4.69) is 20.9 Å². The molecule has 0 aromatic heterocycles. The molecule has 21 heavy (non-hydrogen) atoms. The van der Waals surface area contributed by atoms with Crippen molar-refractivity contribution >= 4 is 12.1 Å². The highest BCUT2D eigenvalue weighted by molar-refractivity contribution is 5.79. The van der Waals surface area contributed by atoms with Gasteiger partial charge in [-0.3, -0.25) is 9.38 Å². The molecular weight excluding hydrogens is 275 g/mol. The number of halogens is 1. The van der Waals surface area contributed by atoms with Crippen LogP contribution in [0.2, 0.25) is 0 Å². The Morgan fingerprint density at radius 1 is 1.19 bits per heavy atom. The van der Waals surface area contributed by atoms with Crippen LogP contribution in [0.25, 0.3) is 0 Å². The highest BCUT2D eigenvalue weighted by atomic mass is 19.1. The molecule has 0 bridgehead atoms. The number of nitrogens with one attached hydrogen (secondary N) is 3. The molecule has 0 saturated heterocycles. The van der Waals surface area contributed by atoms with Crippen LogP contribution >= 0.6 is 0 Å². The molecule has 0 rings (SSSR count). The third kappa shape index (κ3) is 10.9. The molecule has 0 fully saturated rings. The van der Waals surface area contributed by atoms with Crippen molar-refractivity contribution < 1.29 is 13.9 Å². The van der Waals surface area contributed by atoms with Crippen LogP contribution in [0.5, 0.6) is 0 Å². The van der Waals surface area contributed by atoms with Gasteiger partial charge in [0, 0.05) is 20.1 Å². The fraction of sp³-hybridized carbons (Fsp3) is 0.857. The summed E-state index contributed by atoms with van der Waals surface area (Å²) in [7, 11) is 1.64. The average molecular weight is 304 g/mol. The minimum Gasteiger partial charge on any atom is -0.444 e. The summed E-state index contributed by atoms with van der Waals surface area (Å²) in [6.45, 7) is 9.79. The Hall–Kier alpha value is -1.53. The van der Waals surface area contributed by atoms with E-state index in [0.29, 0.717) is 25.5 Å². The molecule has 0 atom stereocenters. The Kier molecular flexibility index (Phi) is 8.06. The summed E-state index contributed by atoms with van der Waals surface area (Å²) in [5, 5.41) is 8.87. The number of carbonyl (C=O) groups is 1. The molecule has 0 aliphatic rings. The highest BCUT2D eigenvalue weighted by Gasteiger charge is 2.24. The second kappa shape index (κ2) is 8.69. The van der Waals surface area contributed by atoms with E-state index in [1.54, 1.807) is 7.05 Å². The third-order valence-corrected chi connectivity index (χ3v) is 2.36. The van der Waals surface area contributed by atoms with Gasteiger partial charge in [0.1, 0.15) is 5.60 Å². The molecule has 0 unspecified atom stereocenters. The number of aliphatic imine (C=N–C) groups is 1. The lowest BCUT2D eigenvalue weighted by Crippen LogP contribution is -2.54. The van der Waals surface area contributed by atoms with Crippen LogP contribution < -0.4 is 16.0 Å². The summed E-state index contributed by atoms with van der Waals surface area (Å²) < 4.78 is 17.3. The molecule has 124 valence electrons. The monoisotopic (exact) mass is 304 g/mol. The van der Waals surface area contributed by atoms with Crippen LogP contribution in [0.4, 0.5) is 9.18 Å². The summed E-state index contributed by atoms with van der Waals surface area (Å²) in [6, 6.07) is 0. The SMILES string of the molecule is CN=C(NCCCF)NCC(C)(C)NC(=O)OC(C)(C)C. The molecular formula is C14H29FN4O2. The van der Waals surface area contributed by atoms with Gasteiger partial charge < -0.3 is 20.7 Å². The first-order chi connectivity index (χ1) is 9.59. The number of nitrogens with zero attached hydrogens (tertiary/aromatic N) is 1. The van der Waals surface area contributed by atoms with Crippen molar-refractivity contribution in [3.8, 4) is 0 Å². The Labute approximate surface area is 126 Å². The van der Waals surface area contributed by atoms with Crippen LogP contribution in [0.3, 0.4) is 0 Å². The van der Waals surface area contributed by atoms with Crippen LogP contribution in [0.15, 0.2) is 4.99 Å². The molecule has 0 heterocycles. The summed E-state index contributed by atoms with van der Waals surface area (Å²) in [6.07, 6.45) is -0.0325. The number of hydrogen-bond donors (Lipinski definition) is 3. The van der Waals surface area contributed by atoms with Gasteiger partial charge in [-0.05, 0) is 41.0 Å². The van der Waals surface area contributed by atoms with E-state index < -0.39 is 17.2 Å². The standard InChI is InChI=1S/C14H29FN4O2/c1-13(2,3)21-12(20)19-14(4,5)10-18-11(16-6)17-9-7-8-15/h7-10H2,1-6H3,(H,19,20)(H2,16,17,18). The number of rotatable bonds is 6. The summed E-state index contributed by atoms with van der Waals surface area (Å²) in [5.41, 5.74) is -1.04. The zero-order valence-corrected chi connectivity index (χ0v) is 14.0. The number of hydrogen-bond acceptors (Lipinski definition) is 3. The van der Waals surface area contributed by atoms with E-state index in [9.17, 15) is 9.18 Å². The van der Waals surface area contributed by atoms with Crippen LogP contribution in [-0.2, 0) is 4.74 Å². The van der Waals surface area contributed by atoms with Crippen molar-refractivity contribution in [2.24, 2.45) is 4.99 Å². The van der Waals surface area contributed by atoms with Gasteiger partial charge in [-0.15, -0.1) is 0 Å². The average Bonchev–Trinajstić information content (AvgIpc) is 2.30. The van der Waals surface area contributed by atoms with E-state index in [0.717, 1.165) is 0 Å². The van der Waals surface area contributed by atoms with Crippen LogP contribution in [-0.4, -0.2) is 50.0 Å². The van der Waals surface area contributed by atoms with Crippen LogP contribution in [0.1, 0.15) is 41.0 Å². The number of alkyl halides is 1. The lowest BCUT2D eigenvalue weighted by Gasteiger charge is -2.29. The van der Waals surface area contributed by atoms with Gasteiger partial charge in [-0.1, -0.05) is 0 Å². The molecule has 7 heteroatoms. The fourth-order valence-electron chi connectivity index (χ4n) is 1.42. The minimum absolute atomic E-state index is 0.365. The second-order valence-electron chi connectivity index (χ2n) is 6.41. The molecule has 0 radical (unpaired) electrons. The zero-order chi connectivity index (χ0) is 16.5. The highest BCUT2D eigenvalue weighted by Crippen LogP contribution is 2.08. The lowest BCUT2D eigenvalue weighted by molar-refractivity contribution is 0.0474. The number of alkyl carbamates (subject to hydrolysis) is 1. The number of guanidine groups is 1. The van der Waals surface area contributed by atoms with E-state index in [1.165, 1.54) is 0 Å². The number of ether oxygens (including phenoxy) is 1. The Bertz CT molecular complexity index is 351. The van der Waals surface area contributed by atoms with E-state index in [4.69, 9.17) is 4.74 Å². The maximum atomic E-state index is 12.0. The number of carbonyl (C=O) groups excluding carboxylic acids is 1. The Morgan fingerprint density at radius 3 is 2.29 bits per heavy atom. The molecule has 1 amide bonds. The zero-order valence-electron chi connectivity index (χ0n) is 14.0. The first-order valence-electron chi connectivity index (χ1n) is 7.11. The maximum Gasteiger partial charge on any atom is 0.408 e. The molecule has 0 aliphatic carbocycles. The summed E-state index contributed by atoms with van der Waals surface area (Å²) in [4.78, 5) is 15.8. The van der Waals surface area contributed by atoms with Crippen molar-refractivity contribution in [1.82, 2.24) is 16.0 Å².